The van der Waals surface area contributed by atoms with E-state index in [1.807, 2.05) is 39.0 Å². The van der Waals surface area contributed by atoms with Gasteiger partial charge in [0, 0.05) is 17.3 Å². The molecule has 98 valence electrons. The Morgan fingerprint density at radius 1 is 1.33 bits per heavy atom. The molecule has 3 heteroatoms. The second-order valence-electron chi connectivity index (χ2n) is 5.34. The molecule has 0 aromatic heterocycles. The highest BCUT2D eigenvalue weighted by Gasteiger charge is 2.15. The van der Waals surface area contributed by atoms with Crippen molar-refractivity contribution in [3.8, 4) is 6.07 Å². The van der Waals surface area contributed by atoms with Crippen LogP contribution in [0.2, 0.25) is 5.02 Å². The van der Waals surface area contributed by atoms with Crippen LogP contribution >= 0.6 is 11.6 Å². The molecule has 0 spiro atoms. The molecule has 0 fully saturated rings. The van der Waals surface area contributed by atoms with Gasteiger partial charge in [-0.3, -0.25) is 0 Å². The summed E-state index contributed by atoms with van der Waals surface area (Å²) in [5, 5.41) is 13.1. The van der Waals surface area contributed by atoms with Crippen LogP contribution in [0.15, 0.2) is 18.2 Å². The molecule has 1 aromatic rings. The van der Waals surface area contributed by atoms with Crippen LogP contribution < -0.4 is 5.32 Å². The fraction of sp³-hybridized carbons (Fsp3) is 0.533. The monoisotopic (exact) mass is 264 g/mol. The van der Waals surface area contributed by atoms with Crippen molar-refractivity contribution < 1.29 is 0 Å². The summed E-state index contributed by atoms with van der Waals surface area (Å²) < 4.78 is 0. The fourth-order valence-electron chi connectivity index (χ4n) is 1.68. The van der Waals surface area contributed by atoms with Gasteiger partial charge in [0.05, 0.1) is 11.5 Å². The van der Waals surface area contributed by atoms with Gasteiger partial charge in [-0.25, -0.2) is 0 Å². The lowest BCUT2D eigenvalue weighted by molar-refractivity contribution is 0.430. The molecular weight excluding hydrogens is 244 g/mol. The molecule has 18 heavy (non-hydrogen) atoms. The van der Waals surface area contributed by atoms with Gasteiger partial charge in [0.2, 0.25) is 0 Å². The van der Waals surface area contributed by atoms with E-state index in [1.165, 1.54) is 0 Å². The number of nitrogens with zero attached hydrogens (tertiary/aromatic N) is 1. The molecule has 2 nitrogen and oxygen atoms in total. The van der Waals surface area contributed by atoms with E-state index in [2.05, 4.69) is 11.4 Å². The first-order valence-electron chi connectivity index (χ1n) is 6.36. The molecule has 1 N–H and O–H groups in total. The van der Waals surface area contributed by atoms with Gasteiger partial charge >= 0.3 is 0 Å². The summed E-state index contributed by atoms with van der Waals surface area (Å²) in [5.74, 6) is 0. The van der Waals surface area contributed by atoms with Gasteiger partial charge in [-0.05, 0) is 51.3 Å². The van der Waals surface area contributed by atoms with Crippen molar-refractivity contribution in [1.29, 1.82) is 5.26 Å². The first kappa shape index (κ1) is 14.9. The molecule has 0 unspecified atom stereocenters. The number of rotatable bonds is 6. The van der Waals surface area contributed by atoms with Crippen LogP contribution in [0.4, 0.5) is 5.69 Å². The Labute approximate surface area is 115 Å². The quantitative estimate of drug-likeness (QED) is 0.751. The number of nitrogens with one attached hydrogen (secondary N) is 1. The Kier molecular flexibility index (Phi) is 5.50. The molecule has 0 heterocycles. The second kappa shape index (κ2) is 6.66. The van der Waals surface area contributed by atoms with Gasteiger partial charge in [-0.2, -0.15) is 5.26 Å². The third kappa shape index (κ3) is 4.98. The normalized spacial score (nSPS) is 11.1. The van der Waals surface area contributed by atoms with Crippen molar-refractivity contribution in [2.75, 3.05) is 11.9 Å². The van der Waals surface area contributed by atoms with Gasteiger partial charge in [-0.15, -0.1) is 0 Å². The molecule has 1 aromatic carbocycles. The number of hydrogen-bond acceptors (Lipinski definition) is 2. The molecule has 1 rings (SSSR count). The zero-order valence-electron chi connectivity index (χ0n) is 11.4. The molecule has 0 radical (unpaired) electrons. The largest absolute Gasteiger partial charge is 0.385 e. The molecular formula is C15H21ClN2. The number of anilines is 1. The van der Waals surface area contributed by atoms with Gasteiger partial charge in [0.1, 0.15) is 0 Å². The van der Waals surface area contributed by atoms with E-state index in [-0.39, 0.29) is 5.41 Å². The zero-order chi connectivity index (χ0) is 13.6. The highest BCUT2D eigenvalue weighted by atomic mass is 35.5. The fourth-order valence-corrected chi connectivity index (χ4v) is 1.86. The number of aryl methyl sites for hydroxylation is 1. The highest BCUT2D eigenvalue weighted by Crippen LogP contribution is 2.22. The predicted molar refractivity (Wildman–Crippen MR) is 77.9 cm³/mol. The predicted octanol–water partition coefficient (Wildman–Crippen LogP) is 4.78. The van der Waals surface area contributed by atoms with Crippen LogP contribution in [0, 0.1) is 23.7 Å². The third-order valence-corrected chi connectivity index (χ3v) is 3.44. The topological polar surface area (TPSA) is 35.8 Å². The van der Waals surface area contributed by atoms with E-state index < -0.39 is 0 Å². The summed E-state index contributed by atoms with van der Waals surface area (Å²) in [5.41, 5.74) is 1.95. The van der Waals surface area contributed by atoms with Gasteiger partial charge in [0.15, 0.2) is 0 Å². The van der Waals surface area contributed by atoms with E-state index in [9.17, 15) is 0 Å². The minimum absolute atomic E-state index is 0.201. The number of halogens is 1. The van der Waals surface area contributed by atoms with Crippen molar-refractivity contribution >= 4 is 17.3 Å². The average Bonchev–Trinajstić information content (AvgIpc) is 2.33. The lowest BCUT2D eigenvalue weighted by Gasteiger charge is -2.14. The molecule has 0 amide bonds. The average molecular weight is 265 g/mol. The number of nitriles is 1. The van der Waals surface area contributed by atoms with Crippen LogP contribution in [0.25, 0.3) is 0 Å². The maximum Gasteiger partial charge on any atom is 0.0683 e. The molecule has 0 aliphatic rings. The van der Waals surface area contributed by atoms with Crippen LogP contribution in [0.3, 0.4) is 0 Å². The van der Waals surface area contributed by atoms with Gasteiger partial charge in [-0.1, -0.05) is 24.1 Å². The Morgan fingerprint density at radius 2 is 2.06 bits per heavy atom. The molecule has 0 aliphatic carbocycles. The van der Waals surface area contributed by atoms with Crippen molar-refractivity contribution in [3.05, 3.63) is 28.8 Å². The first-order valence-corrected chi connectivity index (χ1v) is 6.74. The smallest absolute Gasteiger partial charge is 0.0683 e. The summed E-state index contributed by atoms with van der Waals surface area (Å²) in [7, 11) is 0. The van der Waals surface area contributed by atoms with Crippen LogP contribution in [-0.2, 0) is 0 Å². The van der Waals surface area contributed by atoms with Crippen LogP contribution in [0.1, 0.15) is 38.7 Å². The number of benzene rings is 1. The van der Waals surface area contributed by atoms with E-state index in [4.69, 9.17) is 16.9 Å². The van der Waals surface area contributed by atoms with Crippen LogP contribution in [-0.4, -0.2) is 6.54 Å². The molecule has 0 saturated carbocycles. The van der Waals surface area contributed by atoms with Crippen molar-refractivity contribution in [1.82, 2.24) is 0 Å². The summed E-state index contributed by atoms with van der Waals surface area (Å²) in [6.07, 6.45) is 3.07. The molecule has 0 atom stereocenters. The van der Waals surface area contributed by atoms with Crippen molar-refractivity contribution in [2.24, 2.45) is 5.41 Å². The first-order chi connectivity index (χ1) is 8.44. The Balaban J connectivity index is 2.26. The zero-order valence-corrected chi connectivity index (χ0v) is 12.1. The highest BCUT2D eigenvalue weighted by molar-refractivity contribution is 6.31. The standard InChI is InChI=1S/C15H21ClN2/c1-12-6-7-13(10-14(12)16)18-9-5-4-8-15(2,3)11-17/h6-7,10,18H,4-5,8-9H2,1-3H3. The molecule has 0 saturated heterocycles. The molecule has 0 bridgehead atoms. The minimum atomic E-state index is -0.201. The van der Waals surface area contributed by atoms with Crippen molar-refractivity contribution in [2.45, 2.75) is 40.0 Å². The van der Waals surface area contributed by atoms with E-state index >= 15 is 0 Å². The third-order valence-electron chi connectivity index (χ3n) is 3.03. The van der Waals surface area contributed by atoms with E-state index in [0.29, 0.717) is 0 Å². The minimum Gasteiger partial charge on any atom is -0.385 e. The summed E-state index contributed by atoms with van der Waals surface area (Å²) in [6.45, 7) is 6.89. The lowest BCUT2D eigenvalue weighted by atomic mass is 9.89. The van der Waals surface area contributed by atoms with E-state index in [1.54, 1.807) is 0 Å². The Bertz CT molecular complexity index is 433. The summed E-state index contributed by atoms with van der Waals surface area (Å²) in [4.78, 5) is 0. The Morgan fingerprint density at radius 3 is 2.67 bits per heavy atom. The van der Waals surface area contributed by atoms with Crippen LogP contribution in [0.5, 0.6) is 0 Å². The van der Waals surface area contributed by atoms with E-state index in [0.717, 1.165) is 42.1 Å². The number of unbranched alkanes of at least 4 members (excludes halogenated alkanes) is 1. The molecule has 0 aliphatic heterocycles. The lowest BCUT2D eigenvalue weighted by Crippen LogP contribution is -2.09. The van der Waals surface area contributed by atoms with Gasteiger partial charge < -0.3 is 5.32 Å². The maximum absolute atomic E-state index is 8.90. The maximum atomic E-state index is 8.90. The summed E-state index contributed by atoms with van der Waals surface area (Å²) in [6, 6.07) is 8.34. The second-order valence-corrected chi connectivity index (χ2v) is 5.75. The Hall–Kier alpha value is -1.20. The summed E-state index contributed by atoms with van der Waals surface area (Å²) >= 11 is 6.06. The van der Waals surface area contributed by atoms with Crippen molar-refractivity contribution in [3.63, 3.8) is 0 Å². The number of hydrogen-bond donors (Lipinski definition) is 1. The van der Waals surface area contributed by atoms with Gasteiger partial charge in [0.25, 0.3) is 0 Å². The SMILES string of the molecule is Cc1ccc(NCCCCC(C)(C)C#N)cc1Cl.